The van der Waals surface area contributed by atoms with Crippen molar-refractivity contribution in [3.63, 3.8) is 0 Å². The molecule has 1 amide bonds. The highest BCUT2D eigenvalue weighted by atomic mass is 16.6. The quantitative estimate of drug-likeness (QED) is 0.747. The Morgan fingerprint density at radius 3 is 2.36 bits per heavy atom. The van der Waals surface area contributed by atoms with Crippen LogP contribution < -0.4 is 19.5 Å². The van der Waals surface area contributed by atoms with E-state index >= 15 is 0 Å². The Kier molecular flexibility index (Phi) is 4.80. The number of rotatable bonds is 4. The summed E-state index contributed by atoms with van der Waals surface area (Å²) in [5, 5.41) is 2.85. The van der Waals surface area contributed by atoms with Crippen molar-refractivity contribution in [3.8, 4) is 23.3 Å². The summed E-state index contributed by atoms with van der Waals surface area (Å²) < 4.78 is 17.0. The molecule has 2 heterocycles. The van der Waals surface area contributed by atoms with Gasteiger partial charge in [0.05, 0.1) is 17.1 Å². The summed E-state index contributed by atoms with van der Waals surface area (Å²) in [5.41, 5.74) is 1.74. The van der Waals surface area contributed by atoms with Crippen LogP contribution in [0.1, 0.15) is 11.4 Å². The van der Waals surface area contributed by atoms with Crippen molar-refractivity contribution in [1.82, 2.24) is 9.97 Å². The van der Waals surface area contributed by atoms with Crippen LogP contribution in [0, 0.1) is 13.8 Å². The van der Waals surface area contributed by atoms with Crippen molar-refractivity contribution in [3.05, 3.63) is 66.0 Å². The highest BCUT2D eigenvalue weighted by Crippen LogP contribution is 2.31. The number of para-hydroxylation sites is 3. The molecule has 1 aromatic heterocycles. The molecule has 142 valence electrons. The highest BCUT2D eigenvalue weighted by molar-refractivity contribution is 5.95. The maximum absolute atomic E-state index is 12.7. The third-order valence-corrected chi connectivity index (χ3v) is 4.25. The van der Waals surface area contributed by atoms with E-state index in [2.05, 4.69) is 15.3 Å². The van der Waals surface area contributed by atoms with Crippen molar-refractivity contribution < 1.29 is 19.0 Å². The molecular formula is C21H19N3O4. The first-order chi connectivity index (χ1) is 13.6. The number of ether oxygens (including phenoxy) is 3. The Morgan fingerprint density at radius 2 is 1.64 bits per heavy atom. The molecule has 7 heteroatoms. The van der Waals surface area contributed by atoms with E-state index in [4.69, 9.17) is 14.2 Å². The second kappa shape index (κ2) is 7.56. The van der Waals surface area contributed by atoms with E-state index in [1.54, 1.807) is 26.0 Å². The predicted molar refractivity (Wildman–Crippen MR) is 103 cm³/mol. The van der Waals surface area contributed by atoms with E-state index < -0.39 is 6.10 Å². The summed E-state index contributed by atoms with van der Waals surface area (Å²) in [7, 11) is 0. The van der Waals surface area contributed by atoms with Crippen LogP contribution >= 0.6 is 0 Å². The number of fused-ring (bicyclic) bond motifs is 1. The molecular weight excluding hydrogens is 358 g/mol. The molecule has 7 nitrogen and oxygen atoms in total. The molecule has 4 rings (SSSR count). The molecule has 1 atom stereocenters. The van der Waals surface area contributed by atoms with Crippen LogP contribution in [0.25, 0.3) is 0 Å². The van der Waals surface area contributed by atoms with Gasteiger partial charge in [-0.3, -0.25) is 4.79 Å². The smallest absolute Gasteiger partial charge is 0.322 e. The minimum Gasteiger partial charge on any atom is -0.485 e. The minimum atomic E-state index is -0.756. The normalized spacial score (nSPS) is 15.0. The fraction of sp³-hybridized carbons (Fsp3) is 0.190. The van der Waals surface area contributed by atoms with Gasteiger partial charge in [0.1, 0.15) is 12.4 Å². The number of carbonyl (C=O) groups excluding carboxylic acids is 1. The number of carbonyl (C=O) groups is 1. The molecule has 1 aliphatic rings. The number of nitrogens with one attached hydrogen (secondary N) is 1. The number of aryl methyl sites for hydroxylation is 2. The number of hydrogen-bond acceptors (Lipinski definition) is 6. The zero-order valence-electron chi connectivity index (χ0n) is 15.5. The molecule has 0 saturated carbocycles. The van der Waals surface area contributed by atoms with Crippen molar-refractivity contribution >= 4 is 11.6 Å². The number of anilines is 1. The maximum Gasteiger partial charge on any atom is 0.322 e. The molecule has 0 aliphatic carbocycles. The van der Waals surface area contributed by atoms with Crippen LogP contribution in [-0.2, 0) is 4.79 Å². The fourth-order valence-electron chi connectivity index (χ4n) is 2.86. The standard InChI is InChI=1S/C21H19N3O4/c1-13-19(14(2)23-21(22-13)27-15-8-4-3-5-9-15)24-20(25)18-12-26-16-10-6-7-11-17(16)28-18/h3-11,18H,12H2,1-2H3,(H,24,25). The third kappa shape index (κ3) is 3.73. The van der Waals surface area contributed by atoms with Crippen molar-refractivity contribution in [2.75, 3.05) is 11.9 Å². The monoisotopic (exact) mass is 377 g/mol. The molecule has 3 aromatic rings. The second-order valence-corrected chi connectivity index (χ2v) is 6.32. The molecule has 1 unspecified atom stereocenters. The molecule has 28 heavy (non-hydrogen) atoms. The Bertz CT molecular complexity index is 985. The van der Waals surface area contributed by atoms with E-state index in [1.807, 2.05) is 42.5 Å². The zero-order chi connectivity index (χ0) is 19.5. The lowest BCUT2D eigenvalue weighted by Crippen LogP contribution is -2.40. The summed E-state index contributed by atoms with van der Waals surface area (Å²) in [6, 6.07) is 16.8. The van der Waals surface area contributed by atoms with Crippen LogP contribution in [0.4, 0.5) is 5.69 Å². The lowest BCUT2D eigenvalue weighted by molar-refractivity contribution is -0.125. The predicted octanol–water partition coefficient (Wildman–Crippen LogP) is 3.66. The average molecular weight is 377 g/mol. The lowest BCUT2D eigenvalue weighted by atomic mass is 10.2. The van der Waals surface area contributed by atoms with Gasteiger partial charge in [0, 0.05) is 0 Å². The van der Waals surface area contributed by atoms with Crippen LogP contribution in [0.3, 0.4) is 0 Å². The van der Waals surface area contributed by atoms with Crippen LogP contribution in [0.15, 0.2) is 54.6 Å². The molecule has 1 N–H and O–H groups in total. The van der Waals surface area contributed by atoms with Crippen LogP contribution in [0.5, 0.6) is 23.3 Å². The fourth-order valence-corrected chi connectivity index (χ4v) is 2.86. The average Bonchev–Trinajstić information content (AvgIpc) is 2.71. The number of nitrogens with zero attached hydrogens (tertiary/aromatic N) is 2. The maximum atomic E-state index is 12.7. The van der Waals surface area contributed by atoms with Crippen molar-refractivity contribution in [1.29, 1.82) is 0 Å². The molecule has 0 radical (unpaired) electrons. The Hall–Kier alpha value is -3.61. The minimum absolute atomic E-state index is 0.136. The topological polar surface area (TPSA) is 82.6 Å². The summed E-state index contributed by atoms with van der Waals surface area (Å²) >= 11 is 0. The van der Waals surface area contributed by atoms with Gasteiger partial charge in [0.25, 0.3) is 5.91 Å². The van der Waals surface area contributed by atoms with Crippen molar-refractivity contribution in [2.24, 2.45) is 0 Å². The van der Waals surface area contributed by atoms with Gasteiger partial charge >= 0.3 is 6.01 Å². The first-order valence-electron chi connectivity index (χ1n) is 8.87. The Balaban J connectivity index is 1.48. The van der Waals surface area contributed by atoms with E-state index in [-0.39, 0.29) is 18.5 Å². The first kappa shape index (κ1) is 17.8. The third-order valence-electron chi connectivity index (χ3n) is 4.25. The molecule has 0 spiro atoms. The Morgan fingerprint density at radius 1 is 1.00 bits per heavy atom. The van der Waals surface area contributed by atoms with Gasteiger partial charge in [-0.15, -0.1) is 0 Å². The van der Waals surface area contributed by atoms with Gasteiger partial charge in [0.15, 0.2) is 11.5 Å². The van der Waals surface area contributed by atoms with E-state index in [0.717, 1.165) is 0 Å². The number of aromatic nitrogens is 2. The molecule has 1 aliphatic heterocycles. The molecule has 0 fully saturated rings. The van der Waals surface area contributed by atoms with Gasteiger partial charge < -0.3 is 19.5 Å². The van der Waals surface area contributed by atoms with Gasteiger partial charge in [-0.2, -0.15) is 9.97 Å². The van der Waals surface area contributed by atoms with Gasteiger partial charge in [0.2, 0.25) is 6.10 Å². The van der Waals surface area contributed by atoms with Gasteiger partial charge in [-0.25, -0.2) is 0 Å². The number of hydrogen-bond donors (Lipinski definition) is 1. The zero-order valence-corrected chi connectivity index (χ0v) is 15.5. The van der Waals surface area contributed by atoms with E-state index in [9.17, 15) is 4.79 Å². The molecule has 2 aromatic carbocycles. The highest BCUT2D eigenvalue weighted by Gasteiger charge is 2.28. The summed E-state index contributed by atoms with van der Waals surface area (Å²) in [5.74, 6) is 1.50. The number of amides is 1. The molecule has 0 saturated heterocycles. The summed E-state index contributed by atoms with van der Waals surface area (Å²) in [6.45, 7) is 3.71. The largest absolute Gasteiger partial charge is 0.485 e. The van der Waals surface area contributed by atoms with Crippen molar-refractivity contribution in [2.45, 2.75) is 20.0 Å². The summed E-state index contributed by atoms with van der Waals surface area (Å²) in [6.07, 6.45) is -0.756. The van der Waals surface area contributed by atoms with E-state index in [1.165, 1.54) is 0 Å². The van der Waals surface area contributed by atoms with Crippen LogP contribution in [-0.4, -0.2) is 28.6 Å². The van der Waals surface area contributed by atoms with Crippen LogP contribution in [0.2, 0.25) is 0 Å². The summed E-state index contributed by atoms with van der Waals surface area (Å²) in [4.78, 5) is 21.3. The Labute approximate surface area is 162 Å². The second-order valence-electron chi connectivity index (χ2n) is 6.32. The first-order valence-corrected chi connectivity index (χ1v) is 8.87. The van der Waals surface area contributed by atoms with Gasteiger partial charge in [-0.05, 0) is 38.1 Å². The lowest BCUT2D eigenvalue weighted by Gasteiger charge is -2.25. The number of benzene rings is 2. The molecule has 0 bridgehead atoms. The van der Waals surface area contributed by atoms with E-state index in [0.29, 0.717) is 34.3 Å². The SMILES string of the molecule is Cc1nc(Oc2ccccc2)nc(C)c1NC(=O)C1COc2ccccc2O1. The van der Waals surface area contributed by atoms with Gasteiger partial charge in [-0.1, -0.05) is 30.3 Å².